The van der Waals surface area contributed by atoms with Crippen LogP contribution in [0.2, 0.25) is 0 Å². The van der Waals surface area contributed by atoms with Gasteiger partial charge in [0.25, 0.3) is 11.8 Å². The second-order valence-electron chi connectivity index (χ2n) is 7.60. The first-order valence-corrected chi connectivity index (χ1v) is 10.3. The molecule has 162 valence electrons. The summed E-state index contributed by atoms with van der Waals surface area (Å²) in [6.45, 7) is 1.68. The molecule has 0 fully saturated rings. The van der Waals surface area contributed by atoms with E-state index >= 15 is 0 Å². The number of hydrogen-bond donors (Lipinski definition) is 3. The van der Waals surface area contributed by atoms with Gasteiger partial charge in [-0.3, -0.25) is 14.0 Å². The van der Waals surface area contributed by atoms with E-state index in [1.165, 1.54) is 6.20 Å². The van der Waals surface area contributed by atoms with Crippen molar-refractivity contribution in [3.05, 3.63) is 102 Å². The van der Waals surface area contributed by atoms with E-state index in [2.05, 4.69) is 15.6 Å². The summed E-state index contributed by atoms with van der Waals surface area (Å²) in [7, 11) is 0. The molecule has 2 aromatic carbocycles. The number of nitrogens with zero attached hydrogens (tertiary/aromatic N) is 2. The Hall–Kier alpha value is -3.97. The molecule has 0 spiro atoms. The van der Waals surface area contributed by atoms with Crippen LogP contribution in [0.1, 0.15) is 32.0 Å². The highest BCUT2D eigenvalue weighted by molar-refractivity contribution is 6.05. The topological polar surface area (TPSA) is 95.7 Å². The van der Waals surface area contributed by atoms with Gasteiger partial charge < -0.3 is 15.7 Å². The average molecular weight is 428 g/mol. The standard InChI is InChI=1S/C25H24N4O3/c1-17-10-11-19(24(31)27-20(16-30)13-18-7-3-2-4-8-18)14-21(17)28-25(32)22-15-26-23-9-5-6-12-29(22)23/h2-12,14-15,20,30H,13,16H2,1H3,(H,27,31)(H,28,32). The molecule has 2 heterocycles. The third-order valence-corrected chi connectivity index (χ3v) is 5.28. The van der Waals surface area contributed by atoms with E-state index in [4.69, 9.17) is 0 Å². The molecule has 1 unspecified atom stereocenters. The lowest BCUT2D eigenvalue weighted by molar-refractivity contribution is 0.0915. The van der Waals surface area contributed by atoms with Crippen molar-refractivity contribution in [2.75, 3.05) is 11.9 Å². The SMILES string of the molecule is Cc1ccc(C(=O)NC(CO)Cc2ccccc2)cc1NC(=O)c1cnc2ccccn12. The molecule has 1 atom stereocenters. The van der Waals surface area contributed by atoms with Crippen LogP contribution in [0, 0.1) is 6.92 Å². The van der Waals surface area contributed by atoms with E-state index in [1.807, 2.05) is 55.5 Å². The Morgan fingerprint density at radius 2 is 1.81 bits per heavy atom. The van der Waals surface area contributed by atoms with Crippen molar-refractivity contribution in [2.45, 2.75) is 19.4 Å². The lowest BCUT2D eigenvalue weighted by Gasteiger charge is -2.17. The summed E-state index contributed by atoms with van der Waals surface area (Å²) in [6.07, 6.45) is 3.81. The largest absolute Gasteiger partial charge is 0.394 e. The second-order valence-corrected chi connectivity index (χ2v) is 7.60. The fourth-order valence-electron chi connectivity index (χ4n) is 3.51. The number of aliphatic hydroxyl groups excluding tert-OH is 1. The van der Waals surface area contributed by atoms with Crippen LogP contribution in [-0.4, -0.2) is 39.0 Å². The highest BCUT2D eigenvalue weighted by atomic mass is 16.3. The van der Waals surface area contributed by atoms with Gasteiger partial charge in [0, 0.05) is 17.4 Å². The zero-order chi connectivity index (χ0) is 22.5. The number of carbonyl (C=O) groups excluding carboxylic acids is 2. The molecule has 7 nitrogen and oxygen atoms in total. The van der Waals surface area contributed by atoms with Crippen molar-refractivity contribution < 1.29 is 14.7 Å². The fourth-order valence-corrected chi connectivity index (χ4v) is 3.51. The van der Waals surface area contributed by atoms with E-state index in [-0.39, 0.29) is 18.4 Å². The Balaban J connectivity index is 1.49. The maximum atomic E-state index is 12.8. The molecule has 7 heteroatoms. The Kier molecular flexibility index (Phi) is 6.28. The van der Waals surface area contributed by atoms with Crippen LogP contribution in [0.25, 0.3) is 5.65 Å². The molecule has 0 bridgehead atoms. The predicted molar refractivity (Wildman–Crippen MR) is 123 cm³/mol. The molecule has 32 heavy (non-hydrogen) atoms. The van der Waals surface area contributed by atoms with E-state index in [0.29, 0.717) is 29.0 Å². The van der Waals surface area contributed by atoms with Gasteiger partial charge in [-0.25, -0.2) is 4.98 Å². The van der Waals surface area contributed by atoms with Crippen molar-refractivity contribution in [1.82, 2.24) is 14.7 Å². The summed E-state index contributed by atoms with van der Waals surface area (Å²) in [5, 5.41) is 15.5. The zero-order valence-corrected chi connectivity index (χ0v) is 17.7. The van der Waals surface area contributed by atoms with Crippen LogP contribution < -0.4 is 10.6 Å². The van der Waals surface area contributed by atoms with Crippen LogP contribution in [0.3, 0.4) is 0 Å². The van der Waals surface area contributed by atoms with Crippen molar-refractivity contribution in [3.8, 4) is 0 Å². The summed E-state index contributed by atoms with van der Waals surface area (Å²) < 4.78 is 1.71. The first-order valence-electron chi connectivity index (χ1n) is 10.3. The molecule has 2 amide bonds. The number of pyridine rings is 1. The van der Waals surface area contributed by atoms with Gasteiger partial charge >= 0.3 is 0 Å². The van der Waals surface area contributed by atoms with Crippen molar-refractivity contribution in [2.24, 2.45) is 0 Å². The number of hydrogen-bond acceptors (Lipinski definition) is 4. The molecule has 0 saturated heterocycles. The minimum Gasteiger partial charge on any atom is -0.394 e. The quantitative estimate of drug-likeness (QED) is 0.421. The van der Waals surface area contributed by atoms with Gasteiger partial charge in [0.15, 0.2) is 0 Å². The molecule has 3 N–H and O–H groups in total. The third kappa shape index (κ3) is 4.68. The van der Waals surface area contributed by atoms with Crippen LogP contribution in [0.15, 0.2) is 79.1 Å². The van der Waals surface area contributed by atoms with Gasteiger partial charge in [-0.15, -0.1) is 0 Å². The number of anilines is 1. The highest BCUT2D eigenvalue weighted by Gasteiger charge is 2.17. The molecular formula is C25H24N4O3. The smallest absolute Gasteiger partial charge is 0.274 e. The second kappa shape index (κ2) is 9.45. The normalized spacial score (nSPS) is 11.8. The Morgan fingerprint density at radius 3 is 2.59 bits per heavy atom. The van der Waals surface area contributed by atoms with E-state index in [1.54, 1.807) is 28.8 Å². The first kappa shape index (κ1) is 21.3. The molecule has 0 radical (unpaired) electrons. The summed E-state index contributed by atoms with van der Waals surface area (Å²) in [6, 6.07) is 19.9. The Morgan fingerprint density at radius 1 is 1.03 bits per heavy atom. The Bertz CT molecular complexity index is 1250. The zero-order valence-electron chi connectivity index (χ0n) is 17.7. The van der Waals surface area contributed by atoms with Gasteiger partial charge in [0.1, 0.15) is 11.3 Å². The molecule has 0 aliphatic rings. The van der Waals surface area contributed by atoms with Gasteiger partial charge in [-0.2, -0.15) is 0 Å². The number of aliphatic hydroxyl groups is 1. The van der Waals surface area contributed by atoms with E-state index in [0.717, 1.165) is 11.1 Å². The van der Waals surface area contributed by atoms with Crippen molar-refractivity contribution >= 4 is 23.1 Å². The number of aryl methyl sites for hydroxylation is 1. The van der Waals surface area contributed by atoms with Crippen LogP contribution >= 0.6 is 0 Å². The minimum atomic E-state index is -0.414. The predicted octanol–water partition coefficient (Wildman–Crippen LogP) is 3.23. The van der Waals surface area contributed by atoms with Crippen molar-refractivity contribution in [3.63, 3.8) is 0 Å². The maximum absolute atomic E-state index is 12.8. The number of amides is 2. The maximum Gasteiger partial charge on any atom is 0.274 e. The molecule has 0 aliphatic carbocycles. The molecule has 0 aliphatic heterocycles. The van der Waals surface area contributed by atoms with Gasteiger partial charge in [-0.1, -0.05) is 42.5 Å². The van der Waals surface area contributed by atoms with E-state index < -0.39 is 6.04 Å². The average Bonchev–Trinajstić information content (AvgIpc) is 3.25. The molecule has 4 aromatic rings. The first-order chi connectivity index (χ1) is 15.5. The number of carbonyl (C=O) groups is 2. The van der Waals surface area contributed by atoms with E-state index in [9.17, 15) is 14.7 Å². The van der Waals surface area contributed by atoms with Gasteiger partial charge in [-0.05, 0) is 48.7 Å². The number of nitrogens with one attached hydrogen (secondary N) is 2. The summed E-state index contributed by atoms with van der Waals surface area (Å²) >= 11 is 0. The number of fused-ring (bicyclic) bond motifs is 1. The number of rotatable bonds is 7. The lowest BCUT2D eigenvalue weighted by Crippen LogP contribution is -2.39. The minimum absolute atomic E-state index is 0.176. The van der Waals surface area contributed by atoms with Gasteiger partial charge in [0.05, 0.1) is 18.8 Å². The van der Waals surface area contributed by atoms with Crippen LogP contribution in [0.4, 0.5) is 5.69 Å². The number of aromatic nitrogens is 2. The fraction of sp³-hybridized carbons (Fsp3) is 0.160. The molecule has 4 rings (SSSR count). The van der Waals surface area contributed by atoms with Crippen LogP contribution in [0.5, 0.6) is 0 Å². The molecule has 2 aromatic heterocycles. The lowest BCUT2D eigenvalue weighted by atomic mass is 10.1. The van der Waals surface area contributed by atoms with Crippen molar-refractivity contribution in [1.29, 1.82) is 0 Å². The summed E-state index contributed by atoms with van der Waals surface area (Å²) in [5.74, 6) is -0.632. The summed E-state index contributed by atoms with van der Waals surface area (Å²) in [5.41, 5.74) is 3.87. The molecular weight excluding hydrogens is 404 g/mol. The monoisotopic (exact) mass is 428 g/mol. The van der Waals surface area contributed by atoms with Crippen LogP contribution in [-0.2, 0) is 6.42 Å². The summed E-state index contributed by atoms with van der Waals surface area (Å²) in [4.78, 5) is 29.9. The Labute approximate surface area is 185 Å². The third-order valence-electron chi connectivity index (χ3n) is 5.28. The number of benzene rings is 2. The highest BCUT2D eigenvalue weighted by Crippen LogP contribution is 2.19. The van der Waals surface area contributed by atoms with Gasteiger partial charge in [0.2, 0.25) is 0 Å². The number of imidazole rings is 1. The molecule has 0 saturated carbocycles.